The van der Waals surface area contributed by atoms with Crippen molar-refractivity contribution < 1.29 is 39.2 Å². The summed E-state index contributed by atoms with van der Waals surface area (Å²) in [5, 5.41) is 30.6. The van der Waals surface area contributed by atoms with Crippen LogP contribution in [0, 0.1) is 11.3 Å². The third kappa shape index (κ3) is 6.03. The van der Waals surface area contributed by atoms with E-state index in [1.807, 2.05) is 20.8 Å². The maximum atomic E-state index is 12.9. The molecule has 0 radical (unpaired) electrons. The normalized spacial score (nSPS) is 14.7. The van der Waals surface area contributed by atoms with Gasteiger partial charge in [-0.25, -0.2) is 4.79 Å². The van der Waals surface area contributed by atoms with Gasteiger partial charge >= 0.3 is 17.9 Å². The van der Waals surface area contributed by atoms with Crippen molar-refractivity contribution >= 4 is 23.7 Å². The van der Waals surface area contributed by atoms with Crippen LogP contribution in [0.15, 0.2) is 0 Å². The van der Waals surface area contributed by atoms with Crippen molar-refractivity contribution in [3.05, 3.63) is 0 Å². The van der Waals surface area contributed by atoms with E-state index in [-0.39, 0.29) is 25.9 Å². The maximum absolute atomic E-state index is 12.9. The third-order valence-electron chi connectivity index (χ3n) is 5.65. The van der Waals surface area contributed by atoms with Crippen LogP contribution in [0.1, 0.15) is 91.9 Å². The molecule has 2 unspecified atom stereocenters. The third-order valence-corrected chi connectivity index (χ3v) is 5.65. The fourth-order valence-electron chi connectivity index (χ4n) is 4.02. The van der Waals surface area contributed by atoms with Gasteiger partial charge in [0.05, 0.1) is 0 Å². The lowest BCUT2D eigenvalue weighted by Gasteiger charge is -2.47. The van der Waals surface area contributed by atoms with Gasteiger partial charge in [0.25, 0.3) is 0 Å². The average molecular weight is 431 g/mol. The van der Waals surface area contributed by atoms with Crippen LogP contribution in [0.25, 0.3) is 0 Å². The number of hydrogen-bond acceptors (Lipinski definition) is 5. The predicted octanol–water partition coefficient (Wildman–Crippen LogP) is 4.15. The van der Waals surface area contributed by atoms with E-state index in [0.717, 1.165) is 0 Å². The van der Waals surface area contributed by atoms with Gasteiger partial charge in [0.2, 0.25) is 5.60 Å². The Labute approximate surface area is 179 Å². The summed E-state index contributed by atoms with van der Waals surface area (Å²) < 4.78 is 5.76. The first-order valence-electron chi connectivity index (χ1n) is 11.0. The van der Waals surface area contributed by atoms with E-state index in [4.69, 9.17) is 4.74 Å². The number of ether oxygens (including phenoxy) is 1. The van der Waals surface area contributed by atoms with Gasteiger partial charge in [-0.3, -0.25) is 14.4 Å². The number of carboxylic acids is 3. The van der Waals surface area contributed by atoms with Crippen molar-refractivity contribution in [2.24, 2.45) is 11.3 Å². The van der Waals surface area contributed by atoms with Crippen LogP contribution in [0.3, 0.4) is 0 Å². The summed E-state index contributed by atoms with van der Waals surface area (Å²) in [7, 11) is 0. The molecule has 0 heterocycles. The van der Waals surface area contributed by atoms with Crippen LogP contribution >= 0.6 is 0 Å². The molecule has 0 aliphatic heterocycles. The summed E-state index contributed by atoms with van der Waals surface area (Å²) in [6.45, 7) is 7.06. The van der Waals surface area contributed by atoms with E-state index in [2.05, 4.69) is 0 Å². The molecular weight excluding hydrogens is 392 g/mol. The zero-order chi connectivity index (χ0) is 23.4. The second-order valence-electron chi connectivity index (χ2n) is 7.82. The maximum Gasteiger partial charge on any atom is 0.338 e. The number of carbonyl (C=O) groups excluding carboxylic acids is 1. The zero-order valence-corrected chi connectivity index (χ0v) is 18.7. The van der Waals surface area contributed by atoms with Gasteiger partial charge in [-0.2, -0.15) is 0 Å². The van der Waals surface area contributed by atoms with E-state index in [1.54, 1.807) is 6.92 Å². The number of ketones is 1. The largest absolute Gasteiger partial charge is 0.481 e. The molecule has 8 heteroatoms. The highest BCUT2D eigenvalue weighted by molar-refractivity contribution is 6.06. The molecule has 0 aromatic heterocycles. The molecule has 0 amide bonds. The highest BCUT2D eigenvalue weighted by atomic mass is 16.5. The topological polar surface area (TPSA) is 138 Å². The van der Waals surface area contributed by atoms with Crippen LogP contribution in [-0.2, 0) is 23.9 Å². The minimum absolute atomic E-state index is 0.0829. The Kier molecular flexibility index (Phi) is 12.5. The van der Waals surface area contributed by atoms with Crippen molar-refractivity contribution in [3.8, 4) is 0 Å². The standard InChI is InChI=1S/C22H38O8/c1-5-9-13-21(19(26)27,14-10-6-2)22(20(28)29,30-15-11-7-3)17(18(24)25)16(23)12-8-4/h17H,5-15H2,1-4H3,(H,24,25)(H,26,27)(H,28,29). The number of unbranched alkanes of at least 4 members (excludes halogenated alkanes) is 3. The number of carbonyl (C=O) groups is 4. The molecule has 0 fully saturated rings. The van der Waals surface area contributed by atoms with Crippen molar-refractivity contribution in [1.82, 2.24) is 0 Å². The van der Waals surface area contributed by atoms with Crippen LogP contribution in [0.4, 0.5) is 0 Å². The Morgan fingerprint density at radius 3 is 1.60 bits per heavy atom. The minimum atomic E-state index is -2.68. The molecule has 3 N–H and O–H groups in total. The smallest absolute Gasteiger partial charge is 0.338 e. The molecule has 0 spiro atoms. The first kappa shape index (κ1) is 28.0. The van der Waals surface area contributed by atoms with Gasteiger partial charge in [0, 0.05) is 13.0 Å². The first-order valence-corrected chi connectivity index (χ1v) is 11.0. The van der Waals surface area contributed by atoms with Crippen LogP contribution in [-0.4, -0.2) is 51.2 Å². The number of aliphatic carboxylic acids is 3. The van der Waals surface area contributed by atoms with Gasteiger partial charge in [0.1, 0.15) is 5.41 Å². The Morgan fingerprint density at radius 1 is 0.767 bits per heavy atom. The Balaban J connectivity index is 7.07. The summed E-state index contributed by atoms with van der Waals surface area (Å²) in [6, 6.07) is 0. The summed E-state index contributed by atoms with van der Waals surface area (Å²) in [6.07, 6.45) is 2.96. The van der Waals surface area contributed by atoms with Crippen LogP contribution in [0.2, 0.25) is 0 Å². The summed E-state index contributed by atoms with van der Waals surface area (Å²) >= 11 is 0. The molecule has 0 saturated heterocycles. The number of hydrogen-bond donors (Lipinski definition) is 3. The molecule has 8 nitrogen and oxygen atoms in total. The predicted molar refractivity (Wildman–Crippen MR) is 111 cm³/mol. The van der Waals surface area contributed by atoms with E-state index in [0.29, 0.717) is 44.9 Å². The zero-order valence-electron chi connectivity index (χ0n) is 18.7. The fourth-order valence-corrected chi connectivity index (χ4v) is 4.02. The quantitative estimate of drug-likeness (QED) is 0.218. The first-order chi connectivity index (χ1) is 14.1. The van der Waals surface area contributed by atoms with Crippen LogP contribution in [0.5, 0.6) is 0 Å². The van der Waals surface area contributed by atoms with E-state index in [1.165, 1.54) is 0 Å². The molecule has 174 valence electrons. The Hall–Kier alpha value is -1.96. The molecule has 0 bridgehead atoms. The highest BCUT2D eigenvalue weighted by Gasteiger charge is 2.69. The summed E-state index contributed by atoms with van der Waals surface area (Å²) in [4.78, 5) is 50.5. The number of carboxylic acid groups (broad SMARTS) is 3. The molecule has 0 saturated carbocycles. The fraction of sp³-hybridized carbons (Fsp3) is 0.818. The molecule has 0 aromatic carbocycles. The molecule has 2 atom stereocenters. The van der Waals surface area contributed by atoms with Gasteiger partial charge in [-0.15, -0.1) is 0 Å². The lowest BCUT2D eigenvalue weighted by molar-refractivity contribution is -0.219. The number of Topliss-reactive ketones (excluding diaryl/α,β-unsaturated/α-hetero) is 1. The van der Waals surface area contributed by atoms with E-state index in [9.17, 15) is 34.5 Å². The summed E-state index contributed by atoms with van der Waals surface area (Å²) in [5.41, 5.74) is -4.72. The molecule has 30 heavy (non-hydrogen) atoms. The van der Waals surface area contributed by atoms with Crippen molar-refractivity contribution in [2.45, 2.75) is 97.5 Å². The van der Waals surface area contributed by atoms with Crippen molar-refractivity contribution in [2.75, 3.05) is 6.61 Å². The minimum Gasteiger partial charge on any atom is -0.481 e. The lowest BCUT2D eigenvalue weighted by Crippen LogP contribution is -2.67. The highest BCUT2D eigenvalue weighted by Crippen LogP contribution is 2.49. The second kappa shape index (κ2) is 13.4. The van der Waals surface area contributed by atoms with Crippen molar-refractivity contribution in [3.63, 3.8) is 0 Å². The van der Waals surface area contributed by atoms with Gasteiger partial charge in [-0.05, 0) is 25.7 Å². The SMILES string of the molecule is CCCCOC(C(=O)O)(C(C(=O)O)C(=O)CCC)C(CCCC)(CCCC)C(=O)O. The Morgan fingerprint density at radius 2 is 1.27 bits per heavy atom. The Bertz CT molecular complexity index is 578. The molecule has 0 aliphatic rings. The summed E-state index contributed by atoms with van der Waals surface area (Å²) in [5.74, 6) is -7.71. The number of rotatable bonds is 18. The van der Waals surface area contributed by atoms with E-state index < -0.39 is 40.6 Å². The molecular formula is C22H38O8. The molecule has 0 rings (SSSR count). The lowest BCUT2D eigenvalue weighted by atomic mass is 9.59. The van der Waals surface area contributed by atoms with Crippen molar-refractivity contribution in [1.29, 1.82) is 0 Å². The van der Waals surface area contributed by atoms with Crippen LogP contribution < -0.4 is 0 Å². The molecule has 0 aliphatic carbocycles. The van der Waals surface area contributed by atoms with Gasteiger partial charge in [-0.1, -0.05) is 59.8 Å². The van der Waals surface area contributed by atoms with E-state index >= 15 is 0 Å². The average Bonchev–Trinajstić information content (AvgIpc) is 2.67. The van der Waals surface area contributed by atoms with Gasteiger partial charge in [0.15, 0.2) is 11.7 Å². The van der Waals surface area contributed by atoms with Gasteiger partial charge < -0.3 is 20.1 Å². The molecule has 0 aromatic rings. The monoisotopic (exact) mass is 430 g/mol. The second-order valence-corrected chi connectivity index (χ2v) is 7.82.